The average Bonchev–Trinajstić information content (AvgIpc) is 2.49. The lowest BCUT2D eigenvalue weighted by atomic mass is 9.97. The van der Waals surface area contributed by atoms with Gasteiger partial charge in [-0.05, 0) is 29.7 Å². The van der Waals surface area contributed by atoms with E-state index in [0.717, 1.165) is 0 Å². The molecule has 0 fully saturated rings. The van der Waals surface area contributed by atoms with E-state index in [2.05, 4.69) is 10.6 Å². The molecule has 7 heteroatoms. The van der Waals surface area contributed by atoms with Gasteiger partial charge in [0.25, 0.3) is 11.8 Å². The van der Waals surface area contributed by atoms with Crippen molar-refractivity contribution in [3.63, 3.8) is 0 Å². The Morgan fingerprint density at radius 3 is 1.96 bits per heavy atom. The minimum Gasteiger partial charge on any atom is -0.480 e. The Hall–Kier alpha value is -2.44. The van der Waals surface area contributed by atoms with Gasteiger partial charge < -0.3 is 15.7 Å². The Bertz CT molecular complexity index is 579. The molecule has 1 rings (SSSR count). The lowest BCUT2D eigenvalue weighted by Gasteiger charge is -2.18. The van der Waals surface area contributed by atoms with Crippen LogP contribution in [0.1, 0.15) is 41.5 Å². The number of hydrogen-bond acceptors (Lipinski definition) is 3. The summed E-state index contributed by atoms with van der Waals surface area (Å²) in [7, 11) is 0. The number of nitrogens with one attached hydrogen (secondary N) is 2. The van der Waals surface area contributed by atoms with Crippen molar-refractivity contribution in [2.45, 2.75) is 26.8 Å². The lowest BCUT2D eigenvalue weighted by molar-refractivity contribution is -0.139. The van der Waals surface area contributed by atoms with Crippen LogP contribution in [-0.2, 0) is 4.79 Å². The zero-order chi connectivity index (χ0) is 17.6. The number of amides is 2. The summed E-state index contributed by atoms with van der Waals surface area (Å²) in [5.74, 6) is -2.42. The van der Waals surface area contributed by atoms with Crippen LogP contribution in [0.4, 0.5) is 4.39 Å². The van der Waals surface area contributed by atoms with Crippen molar-refractivity contribution in [3.05, 3.63) is 35.4 Å². The first-order chi connectivity index (χ1) is 10.6. The summed E-state index contributed by atoms with van der Waals surface area (Å²) in [5, 5.41) is 13.5. The zero-order valence-electron chi connectivity index (χ0n) is 13.4. The quantitative estimate of drug-likeness (QED) is 0.741. The van der Waals surface area contributed by atoms with E-state index in [1.807, 2.05) is 20.8 Å². The van der Waals surface area contributed by atoms with Crippen LogP contribution < -0.4 is 10.6 Å². The summed E-state index contributed by atoms with van der Waals surface area (Å²) in [6.45, 7) is 5.28. The van der Waals surface area contributed by atoms with Crippen molar-refractivity contribution in [2.24, 2.45) is 5.41 Å². The van der Waals surface area contributed by atoms with Gasteiger partial charge in [0, 0.05) is 17.7 Å². The maximum Gasteiger partial charge on any atom is 0.328 e. The molecule has 0 aliphatic rings. The third-order valence-electron chi connectivity index (χ3n) is 2.95. The molecule has 0 aliphatic carbocycles. The third-order valence-corrected chi connectivity index (χ3v) is 2.95. The minimum atomic E-state index is -1.59. The number of rotatable bonds is 6. The Morgan fingerprint density at radius 2 is 1.57 bits per heavy atom. The fourth-order valence-corrected chi connectivity index (χ4v) is 1.63. The molecule has 1 unspecified atom stereocenters. The van der Waals surface area contributed by atoms with Gasteiger partial charge >= 0.3 is 5.97 Å². The second-order valence-corrected chi connectivity index (χ2v) is 6.34. The van der Waals surface area contributed by atoms with Crippen LogP contribution in [0.5, 0.6) is 0 Å². The van der Waals surface area contributed by atoms with E-state index in [1.54, 1.807) is 0 Å². The summed E-state index contributed by atoms with van der Waals surface area (Å²) in [6, 6.07) is 4.10. The second kappa shape index (κ2) is 7.71. The van der Waals surface area contributed by atoms with E-state index >= 15 is 0 Å². The van der Waals surface area contributed by atoms with Crippen molar-refractivity contribution in [3.8, 4) is 0 Å². The molecular formula is C16H21FN2O4. The van der Waals surface area contributed by atoms with Crippen molar-refractivity contribution in [1.29, 1.82) is 0 Å². The summed E-state index contributed by atoms with van der Waals surface area (Å²) in [5.41, 5.74) is 0.483. The predicted molar refractivity (Wildman–Crippen MR) is 83.1 cm³/mol. The molecule has 3 N–H and O–H groups in total. The molecule has 0 aliphatic heterocycles. The fourth-order valence-electron chi connectivity index (χ4n) is 1.63. The van der Waals surface area contributed by atoms with Crippen LogP contribution in [0, 0.1) is 5.41 Å². The number of aliphatic carboxylic acids is 1. The molecule has 126 valence electrons. The van der Waals surface area contributed by atoms with Gasteiger partial charge in [-0.2, -0.15) is 0 Å². The molecule has 2 amide bonds. The molecule has 0 saturated carbocycles. The van der Waals surface area contributed by atoms with Crippen molar-refractivity contribution in [1.82, 2.24) is 10.6 Å². The first kappa shape index (κ1) is 18.6. The molecule has 1 aromatic carbocycles. The lowest BCUT2D eigenvalue weighted by Crippen LogP contribution is -2.42. The summed E-state index contributed by atoms with van der Waals surface area (Å²) < 4.78 is 12.5. The molecule has 1 aromatic rings. The van der Waals surface area contributed by atoms with Crippen molar-refractivity contribution >= 4 is 17.8 Å². The third kappa shape index (κ3) is 6.06. The highest BCUT2D eigenvalue weighted by atomic mass is 19.1. The van der Waals surface area contributed by atoms with Crippen molar-refractivity contribution < 1.29 is 23.9 Å². The molecule has 0 aromatic heterocycles. The molecule has 0 radical (unpaired) electrons. The highest BCUT2D eigenvalue weighted by molar-refractivity contribution is 5.99. The number of carbonyl (C=O) groups is 3. The van der Waals surface area contributed by atoms with E-state index in [9.17, 15) is 18.8 Å². The zero-order valence-corrected chi connectivity index (χ0v) is 13.4. The van der Waals surface area contributed by atoms with Gasteiger partial charge in [-0.15, -0.1) is 0 Å². The standard InChI is InChI=1S/C16H21FN2O4/c1-16(2,3)9-18-13(20)10-4-6-11(7-5-10)14(21)19-12(8-17)15(22)23/h4-7,12H,8-9H2,1-3H3,(H,18,20)(H,19,21)(H,22,23). The molecule has 0 saturated heterocycles. The van der Waals surface area contributed by atoms with Gasteiger partial charge in [0.15, 0.2) is 6.04 Å². The topological polar surface area (TPSA) is 95.5 Å². The van der Waals surface area contributed by atoms with Crippen LogP contribution in [-0.4, -0.2) is 42.2 Å². The fraction of sp³-hybridized carbons (Fsp3) is 0.438. The number of carboxylic acids is 1. The summed E-state index contributed by atoms with van der Waals surface area (Å²) >= 11 is 0. The summed E-state index contributed by atoms with van der Waals surface area (Å²) in [4.78, 5) is 34.4. The van der Waals surface area contributed by atoms with E-state index in [0.29, 0.717) is 12.1 Å². The number of carboxylic acid groups (broad SMARTS) is 1. The van der Waals surface area contributed by atoms with Crippen LogP contribution in [0.25, 0.3) is 0 Å². The normalized spacial score (nSPS) is 12.3. The highest BCUT2D eigenvalue weighted by Gasteiger charge is 2.20. The Labute approximate surface area is 134 Å². The smallest absolute Gasteiger partial charge is 0.328 e. The van der Waals surface area contributed by atoms with Crippen LogP contribution in [0.3, 0.4) is 0 Å². The molecular weight excluding hydrogens is 303 g/mol. The van der Waals surface area contributed by atoms with Gasteiger partial charge in [-0.3, -0.25) is 9.59 Å². The van der Waals surface area contributed by atoms with Crippen LogP contribution in [0.15, 0.2) is 24.3 Å². The van der Waals surface area contributed by atoms with Crippen molar-refractivity contribution in [2.75, 3.05) is 13.2 Å². The monoisotopic (exact) mass is 324 g/mol. The first-order valence-corrected chi connectivity index (χ1v) is 7.12. The molecule has 23 heavy (non-hydrogen) atoms. The van der Waals surface area contributed by atoms with E-state index in [-0.39, 0.29) is 16.9 Å². The van der Waals surface area contributed by atoms with E-state index in [4.69, 9.17) is 5.11 Å². The molecule has 0 spiro atoms. The predicted octanol–water partition coefficient (Wildman–Crippen LogP) is 1.61. The number of benzene rings is 1. The van der Waals surface area contributed by atoms with Gasteiger partial charge in [0.1, 0.15) is 6.67 Å². The molecule has 1 atom stereocenters. The maximum atomic E-state index is 12.5. The van der Waals surface area contributed by atoms with Gasteiger partial charge in [-0.25, -0.2) is 9.18 Å². The highest BCUT2D eigenvalue weighted by Crippen LogP contribution is 2.11. The van der Waals surface area contributed by atoms with Crippen LogP contribution >= 0.6 is 0 Å². The molecule has 6 nitrogen and oxygen atoms in total. The Morgan fingerprint density at radius 1 is 1.09 bits per heavy atom. The van der Waals surface area contributed by atoms with Gasteiger partial charge in [0.05, 0.1) is 0 Å². The first-order valence-electron chi connectivity index (χ1n) is 7.12. The number of carbonyl (C=O) groups excluding carboxylic acids is 2. The Kier molecular flexibility index (Phi) is 6.24. The number of hydrogen-bond donors (Lipinski definition) is 3. The number of halogens is 1. The molecule has 0 bridgehead atoms. The van der Waals surface area contributed by atoms with E-state index < -0.39 is 24.6 Å². The van der Waals surface area contributed by atoms with Gasteiger partial charge in [-0.1, -0.05) is 20.8 Å². The number of alkyl halides is 1. The maximum absolute atomic E-state index is 12.5. The largest absolute Gasteiger partial charge is 0.480 e. The summed E-state index contributed by atoms with van der Waals surface area (Å²) in [6.07, 6.45) is 0. The van der Waals surface area contributed by atoms with Crippen LogP contribution in [0.2, 0.25) is 0 Å². The average molecular weight is 324 g/mol. The minimum absolute atomic E-state index is 0.0479. The molecule has 0 heterocycles. The van der Waals surface area contributed by atoms with E-state index in [1.165, 1.54) is 24.3 Å². The SMILES string of the molecule is CC(C)(C)CNC(=O)c1ccc(C(=O)NC(CF)C(=O)O)cc1. The van der Waals surface area contributed by atoms with Gasteiger partial charge in [0.2, 0.25) is 0 Å². The Balaban J connectivity index is 2.70. The second-order valence-electron chi connectivity index (χ2n) is 6.34.